The minimum absolute atomic E-state index is 0.0532. The number of nitrogens with one attached hydrogen (secondary N) is 1. The third-order valence-electron chi connectivity index (χ3n) is 4.97. The number of likely N-dealkylation sites (tertiary alicyclic amines) is 2. The molecule has 2 fully saturated rings. The molecule has 0 aromatic carbocycles. The number of halogens is 1. The molecule has 1 spiro atoms. The van der Waals surface area contributed by atoms with Gasteiger partial charge in [-0.3, -0.25) is 4.90 Å². The molecule has 128 valence electrons. The molecule has 2 aliphatic rings. The van der Waals surface area contributed by atoms with Crippen LogP contribution >= 0.6 is 11.3 Å². The highest BCUT2D eigenvalue weighted by molar-refractivity contribution is 7.07. The van der Waals surface area contributed by atoms with E-state index in [1.807, 2.05) is 18.7 Å². The first-order chi connectivity index (χ1) is 11.0. The van der Waals surface area contributed by atoms with Crippen molar-refractivity contribution in [2.75, 3.05) is 26.2 Å². The van der Waals surface area contributed by atoms with E-state index < -0.39 is 6.17 Å². The maximum atomic E-state index is 14.7. The zero-order valence-corrected chi connectivity index (χ0v) is 14.7. The van der Waals surface area contributed by atoms with Crippen LogP contribution in [0.2, 0.25) is 0 Å². The number of alkyl halides is 1. The number of carbonyl (C=O) groups is 1. The summed E-state index contributed by atoms with van der Waals surface area (Å²) in [6.45, 7) is 7.50. The van der Waals surface area contributed by atoms with E-state index in [4.69, 9.17) is 0 Å². The first kappa shape index (κ1) is 16.7. The fourth-order valence-electron chi connectivity index (χ4n) is 3.79. The van der Waals surface area contributed by atoms with Crippen molar-refractivity contribution in [1.29, 1.82) is 0 Å². The smallest absolute Gasteiger partial charge is 0.317 e. The molecule has 0 unspecified atom stereocenters. The normalized spacial score (nSPS) is 28.7. The topological polar surface area (TPSA) is 35.6 Å². The Bertz CT molecular complexity index is 536. The second kappa shape index (κ2) is 6.77. The Hall–Kier alpha value is -1.14. The molecule has 0 radical (unpaired) electrons. The van der Waals surface area contributed by atoms with E-state index in [1.54, 1.807) is 11.3 Å². The summed E-state index contributed by atoms with van der Waals surface area (Å²) in [6.07, 6.45) is 0.486. The predicted molar refractivity (Wildman–Crippen MR) is 91.4 cm³/mol. The second-order valence-corrected chi connectivity index (χ2v) is 8.02. The molecular formula is C17H26FN3OS. The van der Waals surface area contributed by atoms with Crippen LogP contribution in [0.1, 0.15) is 32.3 Å². The molecule has 2 aliphatic heterocycles. The maximum Gasteiger partial charge on any atom is 0.317 e. The van der Waals surface area contributed by atoms with Crippen molar-refractivity contribution in [1.82, 2.24) is 15.1 Å². The van der Waals surface area contributed by atoms with Gasteiger partial charge in [0.15, 0.2) is 0 Å². The highest BCUT2D eigenvalue weighted by atomic mass is 32.1. The third kappa shape index (κ3) is 3.69. The highest BCUT2D eigenvalue weighted by Crippen LogP contribution is 2.41. The number of thiophene rings is 1. The molecule has 0 bridgehead atoms. The molecule has 2 amide bonds. The van der Waals surface area contributed by atoms with Crippen molar-refractivity contribution < 1.29 is 9.18 Å². The van der Waals surface area contributed by atoms with Crippen LogP contribution in [-0.2, 0) is 6.54 Å². The number of hydrogen-bond donors (Lipinski definition) is 1. The van der Waals surface area contributed by atoms with Crippen LogP contribution in [0, 0.1) is 5.41 Å². The van der Waals surface area contributed by atoms with Gasteiger partial charge in [-0.1, -0.05) is 0 Å². The first-order valence-electron chi connectivity index (χ1n) is 8.41. The van der Waals surface area contributed by atoms with Crippen molar-refractivity contribution in [3.63, 3.8) is 0 Å². The third-order valence-corrected chi connectivity index (χ3v) is 5.70. The number of amides is 2. The van der Waals surface area contributed by atoms with Crippen molar-refractivity contribution in [2.24, 2.45) is 5.41 Å². The predicted octanol–water partition coefficient (Wildman–Crippen LogP) is 3.10. The van der Waals surface area contributed by atoms with Gasteiger partial charge in [0.2, 0.25) is 0 Å². The van der Waals surface area contributed by atoms with Crippen LogP contribution in [0.25, 0.3) is 0 Å². The fraction of sp³-hybridized carbons (Fsp3) is 0.706. The summed E-state index contributed by atoms with van der Waals surface area (Å²) in [5.41, 5.74) is 0.912. The van der Waals surface area contributed by atoms with Crippen LogP contribution in [0.3, 0.4) is 0 Å². The van der Waals surface area contributed by atoms with Gasteiger partial charge < -0.3 is 10.2 Å². The summed E-state index contributed by atoms with van der Waals surface area (Å²) in [5.74, 6) is 0. The Morgan fingerprint density at radius 3 is 3.00 bits per heavy atom. The molecule has 1 aromatic heterocycles. The van der Waals surface area contributed by atoms with Gasteiger partial charge in [0, 0.05) is 37.6 Å². The molecule has 0 aliphatic carbocycles. The number of hydrogen-bond acceptors (Lipinski definition) is 3. The molecule has 23 heavy (non-hydrogen) atoms. The zero-order chi connectivity index (χ0) is 16.4. The van der Waals surface area contributed by atoms with Crippen molar-refractivity contribution >= 4 is 17.4 Å². The molecule has 2 saturated heterocycles. The quantitative estimate of drug-likeness (QED) is 0.918. The van der Waals surface area contributed by atoms with Gasteiger partial charge in [0.05, 0.1) is 0 Å². The van der Waals surface area contributed by atoms with E-state index in [-0.39, 0.29) is 17.5 Å². The lowest BCUT2D eigenvalue weighted by atomic mass is 9.77. The van der Waals surface area contributed by atoms with Crippen molar-refractivity contribution in [2.45, 2.75) is 45.4 Å². The van der Waals surface area contributed by atoms with E-state index in [0.29, 0.717) is 19.5 Å². The monoisotopic (exact) mass is 339 g/mol. The van der Waals surface area contributed by atoms with Crippen molar-refractivity contribution in [3.05, 3.63) is 22.4 Å². The number of carbonyl (C=O) groups excluding carboxylic acids is 1. The molecule has 6 heteroatoms. The van der Waals surface area contributed by atoms with Gasteiger partial charge in [0.25, 0.3) is 0 Å². The minimum atomic E-state index is -0.807. The lowest BCUT2D eigenvalue weighted by molar-refractivity contribution is 0.0247. The summed E-state index contributed by atoms with van der Waals surface area (Å²) >= 11 is 1.70. The number of piperidine rings is 1. The summed E-state index contributed by atoms with van der Waals surface area (Å²) < 4.78 is 14.7. The average molecular weight is 339 g/mol. The van der Waals surface area contributed by atoms with Gasteiger partial charge in [-0.05, 0) is 55.6 Å². The van der Waals surface area contributed by atoms with Crippen molar-refractivity contribution in [3.8, 4) is 0 Å². The minimum Gasteiger partial charge on any atom is -0.336 e. The first-order valence-corrected chi connectivity index (χ1v) is 9.36. The Labute approximate surface area is 141 Å². The summed E-state index contributed by atoms with van der Waals surface area (Å²) in [7, 11) is 0. The van der Waals surface area contributed by atoms with E-state index in [2.05, 4.69) is 27.0 Å². The molecule has 1 N–H and O–H groups in total. The van der Waals surface area contributed by atoms with E-state index >= 15 is 0 Å². The zero-order valence-electron chi connectivity index (χ0n) is 13.9. The molecule has 3 rings (SSSR count). The fourth-order valence-corrected chi connectivity index (χ4v) is 4.45. The molecule has 1 aromatic rings. The van der Waals surface area contributed by atoms with Gasteiger partial charge in [-0.15, -0.1) is 0 Å². The van der Waals surface area contributed by atoms with Gasteiger partial charge in [0.1, 0.15) is 6.17 Å². The van der Waals surface area contributed by atoms with Crippen LogP contribution < -0.4 is 5.32 Å². The molecular weight excluding hydrogens is 313 g/mol. The van der Waals surface area contributed by atoms with Crippen LogP contribution in [0.4, 0.5) is 9.18 Å². The van der Waals surface area contributed by atoms with Crippen LogP contribution in [0.5, 0.6) is 0 Å². The summed E-state index contributed by atoms with van der Waals surface area (Å²) in [5, 5.41) is 7.17. The number of urea groups is 1. The Morgan fingerprint density at radius 1 is 1.48 bits per heavy atom. The number of nitrogens with zero attached hydrogens (tertiary/aromatic N) is 2. The van der Waals surface area contributed by atoms with Crippen LogP contribution in [0.15, 0.2) is 16.8 Å². The Balaban J connectivity index is 1.64. The second-order valence-electron chi connectivity index (χ2n) is 7.24. The lowest BCUT2D eigenvalue weighted by Gasteiger charge is -2.43. The summed E-state index contributed by atoms with van der Waals surface area (Å²) in [6, 6.07) is 2.19. The van der Waals surface area contributed by atoms with E-state index in [1.165, 1.54) is 5.56 Å². The van der Waals surface area contributed by atoms with Gasteiger partial charge in [-0.2, -0.15) is 11.3 Å². The van der Waals surface area contributed by atoms with Gasteiger partial charge in [-0.25, -0.2) is 9.18 Å². The Kier molecular flexibility index (Phi) is 4.92. The molecule has 0 saturated carbocycles. The van der Waals surface area contributed by atoms with E-state index in [9.17, 15) is 9.18 Å². The molecule has 3 heterocycles. The Morgan fingerprint density at radius 2 is 2.30 bits per heavy atom. The van der Waals surface area contributed by atoms with E-state index in [0.717, 1.165) is 26.1 Å². The largest absolute Gasteiger partial charge is 0.336 e. The number of rotatable bonds is 3. The van der Waals surface area contributed by atoms with Crippen LogP contribution in [-0.4, -0.2) is 54.2 Å². The molecule has 2 atom stereocenters. The highest BCUT2D eigenvalue weighted by Gasteiger charge is 2.49. The SMILES string of the molecule is CC(C)NC(=O)N1CC[C@H](F)[C@]2(CCN(Cc3ccsc3)C2)C1. The standard InChI is InChI=1S/C17H26FN3OS/c1-13(2)19-16(22)21-6-3-15(18)17(12-21)5-7-20(11-17)9-14-4-8-23-10-14/h4,8,10,13,15H,3,5-7,9,11-12H2,1-2H3,(H,19,22)/t15-,17-/m0/s1. The average Bonchev–Trinajstić information content (AvgIpc) is 3.13. The summed E-state index contributed by atoms with van der Waals surface area (Å²) in [4.78, 5) is 16.4. The van der Waals surface area contributed by atoms with Gasteiger partial charge >= 0.3 is 6.03 Å². The molecule has 4 nitrogen and oxygen atoms in total. The lowest BCUT2D eigenvalue weighted by Crippen LogP contribution is -2.56. The maximum absolute atomic E-state index is 14.7.